The van der Waals surface area contributed by atoms with E-state index in [-0.39, 0.29) is 0 Å². The highest BCUT2D eigenvalue weighted by molar-refractivity contribution is 9.10. The average molecular weight is 347 g/mol. The summed E-state index contributed by atoms with van der Waals surface area (Å²) in [4.78, 5) is 11.1. The molecule has 0 bridgehead atoms. The molecule has 5 heteroatoms. The fourth-order valence-electron chi connectivity index (χ4n) is 2.70. The summed E-state index contributed by atoms with van der Waals surface area (Å²) in [6.45, 7) is 4.46. The molecule has 2 aromatic rings. The molecule has 0 radical (unpaired) electrons. The van der Waals surface area contributed by atoms with Crippen LogP contribution in [0.4, 0.5) is 17.3 Å². The van der Waals surface area contributed by atoms with Crippen LogP contribution in [0.15, 0.2) is 41.1 Å². The molecule has 1 unspecified atom stereocenters. The van der Waals surface area contributed by atoms with Crippen molar-refractivity contribution in [2.45, 2.75) is 19.8 Å². The number of hydrogen-bond acceptors (Lipinski definition) is 4. The van der Waals surface area contributed by atoms with Crippen LogP contribution < -0.4 is 10.2 Å². The zero-order valence-corrected chi connectivity index (χ0v) is 13.7. The van der Waals surface area contributed by atoms with E-state index < -0.39 is 0 Å². The highest BCUT2D eigenvalue weighted by Gasteiger charge is 2.17. The zero-order chi connectivity index (χ0) is 14.7. The number of nitrogens with zero attached hydrogens (tertiary/aromatic N) is 3. The van der Waals surface area contributed by atoms with Gasteiger partial charge in [0.05, 0.1) is 0 Å². The predicted octanol–water partition coefficient (Wildman–Crippen LogP) is 4.22. The van der Waals surface area contributed by atoms with E-state index in [1.807, 2.05) is 30.3 Å². The summed E-state index contributed by atoms with van der Waals surface area (Å²) in [7, 11) is 0. The van der Waals surface area contributed by atoms with Gasteiger partial charge in [-0.3, -0.25) is 0 Å². The van der Waals surface area contributed by atoms with E-state index in [4.69, 9.17) is 0 Å². The first kappa shape index (κ1) is 14.3. The highest BCUT2D eigenvalue weighted by atomic mass is 79.9. The molecule has 21 heavy (non-hydrogen) atoms. The minimum atomic E-state index is 0.732. The summed E-state index contributed by atoms with van der Waals surface area (Å²) in [6.07, 6.45) is 4.18. The second-order valence-corrected chi connectivity index (χ2v) is 6.51. The van der Waals surface area contributed by atoms with Gasteiger partial charge in [-0.05, 0) is 37.0 Å². The van der Waals surface area contributed by atoms with Crippen LogP contribution >= 0.6 is 15.9 Å². The van der Waals surface area contributed by atoms with Gasteiger partial charge >= 0.3 is 0 Å². The van der Waals surface area contributed by atoms with Gasteiger partial charge in [0.25, 0.3) is 0 Å². The topological polar surface area (TPSA) is 41.0 Å². The van der Waals surface area contributed by atoms with Crippen molar-refractivity contribution in [1.82, 2.24) is 9.97 Å². The average Bonchev–Trinajstić information content (AvgIpc) is 2.47. The normalized spacial score (nSPS) is 18.6. The summed E-state index contributed by atoms with van der Waals surface area (Å²) in [5.74, 6) is 2.57. The largest absolute Gasteiger partial charge is 0.356 e. The van der Waals surface area contributed by atoms with Crippen molar-refractivity contribution in [1.29, 1.82) is 0 Å². The first-order chi connectivity index (χ1) is 10.2. The van der Waals surface area contributed by atoms with Crippen molar-refractivity contribution in [3.05, 3.63) is 41.1 Å². The van der Waals surface area contributed by atoms with E-state index in [0.717, 1.165) is 40.8 Å². The van der Waals surface area contributed by atoms with Gasteiger partial charge in [0.1, 0.15) is 18.0 Å². The van der Waals surface area contributed by atoms with Crippen LogP contribution in [-0.4, -0.2) is 23.1 Å². The third-order valence-corrected chi connectivity index (χ3v) is 4.22. The maximum absolute atomic E-state index is 4.42. The molecule has 1 atom stereocenters. The maximum atomic E-state index is 4.42. The number of hydrogen-bond donors (Lipinski definition) is 1. The quantitative estimate of drug-likeness (QED) is 0.903. The van der Waals surface area contributed by atoms with E-state index in [9.17, 15) is 0 Å². The molecule has 1 fully saturated rings. The summed E-state index contributed by atoms with van der Waals surface area (Å²) in [5.41, 5.74) is 1.01. The number of halogens is 1. The molecule has 1 aromatic carbocycles. The number of benzene rings is 1. The first-order valence-corrected chi connectivity index (χ1v) is 8.09. The Morgan fingerprint density at radius 2 is 2.19 bits per heavy atom. The second-order valence-electron chi connectivity index (χ2n) is 5.59. The van der Waals surface area contributed by atoms with Crippen LogP contribution in [0, 0.1) is 5.92 Å². The summed E-state index contributed by atoms with van der Waals surface area (Å²) in [6, 6.07) is 10.1. The Bertz CT molecular complexity index is 617. The molecule has 2 heterocycles. The SMILES string of the molecule is CC1CCCN(c2cc(Nc3cccc(Br)c3)ncn2)C1. The van der Waals surface area contributed by atoms with E-state index in [2.05, 4.69) is 43.0 Å². The lowest BCUT2D eigenvalue weighted by atomic mass is 10.0. The number of aromatic nitrogens is 2. The van der Waals surface area contributed by atoms with Gasteiger partial charge < -0.3 is 10.2 Å². The predicted molar refractivity (Wildman–Crippen MR) is 90.1 cm³/mol. The highest BCUT2D eigenvalue weighted by Crippen LogP contribution is 2.24. The Morgan fingerprint density at radius 1 is 1.29 bits per heavy atom. The minimum Gasteiger partial charge on any atom is -0.356 e. The molecule has 1 saturated heterocycles. The van der Waals surface area contributed by atoms with Gasteiger partial charge in [-0.25, -0.2) is 9.97 Å². The van der Waals surface area contributed by atoms with Crippen LogP contribution in [0.5, 0.6) is 0 Å². The lowest BCUT2D eigenvalue weighted by Crippen LogP contribution is -2.34. The maximum Gasteiger partial charge on any atom is 0.135 e. The lowest BCUT2D eigenvalue weighted by molar-refractivity contribution is 0.444. The molecule has 0 saturated carbocycles. The van der Waals surface area contributed by atoms with Gasteiger partial charge in [0, 0.05) is 29.3 Å². The summed E-state index contributed by atoms with van der Waals surface area (Å²) in [5, 5.41) is 3.33. The molecule has 110 valence electrons. The van der Waals surface area contributed by atoms with Crippen molar-refractivity contribution in [2.24, 2.45) is 5.92 Å². The van der Waals surface area contributed by atoms with Gasteiger partial charge in [0.15, 0.2) is 0 Å². The number of rotatable bonds is 3. The molecule has 1 aromatic heterocycles. The van der Waals surface area contributed by atoms with Crippen molar-refractivity contribution >= 4 is 33.3 Å². The molecular weight excluding hydrogens is 328 g/mol. The Labute approximate surface area is 133 Å². The van der Waals surface area contributed by atoms with Crippen molar-refractivity contribution < 1.29 is 0 Å². The number of anilines is 3. The van der Waals surface area contributed by atoms with E-state index in [1.54, 1.807) is 6.33 Å². The van der Waals surface area contributed by atoms with Gasteiger partial charge in [0.2, 0.25) is 0 Å². The molecule has 1 aliphatic rings. The molecule has 3 rings (SSSR count). The second kappa shape index (κ2) is 6.43. The number of piperidine rings is 1. The molecule has 0 amide bonds. The van der Waals surface area contributed by atoms with Gasteiger partial charge in [-0.15, -0.1) is 0 Å². The van der Waals surface area contributed by atoms with Crippen LogP contribution in [0.3, 0.4) is 0 Å². The van der Waals surface area contributed by atoms with Crippen LogP contribution in [-0.2, 0) is 0 Å². The van der Waals surface area contributed by atoms with Crippen molar-refractivity contribution in [3.8, 4) is 0 Å². The summed E-state index contributed by atoms with van der Waals surface area (Å²) < 4.78 is 1.05. The van der Waals surface area contributed by atoms with E-state index >= 15 is 0 Å². The molecule has 4 nitrogen and oxygen atoms in total. The monoisotopic (exact) mass is 346 g/mol. The van der Waals surface area contributed by atoms with Crippen molar-refractivity contribution in [3.63, 3.8) is 0 Å². The zero-order valence-electron chi connectivity index (χ0n) is 12.1. The molecule has 0 aliphatic carbocycles. The molecule has 1 N–H and O–H groups in total. The minimum absolute atomic E-state index is 0.732. The van der Waals surface area contributed by atoms with E-state index in [1.165, 1.54) is 12.8 Å². The molecular formula is C16H19BrN4. The van der Waals surface area contributed by atoms with Crippen LogP contribution in [0.2, 0.25) is 0 Å². The fourth-order valence-corrected chi connectivity index (χ4v) is 3.10. The smallest absolute Gasteiger partial charge is 0.135 e. The molecule has 1 aliphatic heterocycles. The van der Waals surface area contributed by atoms with Crippen LogP contribution in [0.1, 0.15) is 19.8 Å². The third kappa shape index (κ3) is 3.73. The Hall–Kier alpha value is -1.62. The van der Waals surface area contributed by atoms with Crippen molar-refractivity contribution in [2.75, 3.05) is 23.3 Å². The molecule has 0 spiro atoms. The standard InChI is InChI=1S/C16H19BrN4/c1-12-4-3-7-21(10-12)16-9-15(18-11-19-16)20-14-6-2-5-13(17)8-14/h2,5-6,8-9,11-12H,3-4,7,10H2,1H3,(H,18,19,20). The first-order valence-electron chi connectivity index (χ1n) is 7.30. The van der Waals surface area contributed by atoms with Gasteiger partial charge in [-0.1, -0.05) is 28.9 Å². The summed E-state index contributed by atoms with van der Waals surface area (Å²) >= 11 is 3.48. The fraction of sp³-hybridized carbons (Fsp3) is 0.375. The third-order valence-electron chi connectivity index (χ3n) is 3.73. The Kier molecular flexibility index (Phi) is 4.39. The lowest BCUT2D eigenvalue weighted by Gasteiger charge is -2.31. The number of nitrogens with one attached hydrogen (secondary N) is 1. The Morgan fingerprint density at radius 3 is 3.00 bits per heavy atom. The van der Waals surface area contributed by atoms with E-state index in [0.29, 0.717) is 0 Å². The van der Waals surface area contributed by atoms with Gasteiger partial charge in [-0.2, -0.15) is 0 Å². The Balaban J connectivity index is 1.76. The van der Waals surface area contributed by atoms with Crippen LogP contribution in [0.25, 0.3) is 0 Å².